The monoisotopic (exact) mass is 199 g/mol. The highest BCUT2D eigenvalue weighted by Crippen LogP contribution is 2.25. The van der Waals surface area contributed by atoms with Crippen molar-refractivity contribution in [3.05, 3.63) is 12.8 Å². The molecular weight excluding hydrogens is 178 g/mol. The van der Waals surface area contributed by atoms with Gasteiger partial charge in [0.1, 0.15) is 6.10 Å². The molecule has 0 bridgehead atoms. The van der Waals surface area contributed by atoms with Gasteiger partial charge in [0, 0.05) is 0 Å². The summed E-state index contributed by atoms with van der Waals surface area (Å²) in [5.41, 5.74) is 0. The standard InChI is InChI=1S/C11H21NO2/c1-3-14-11-6-4-5-9(8-12-2)7-10(11)13/h3,9-13H,1,4-8H2,2H3. The predicted molar refractivity (Wildman–Crippen MR) is 57.0 cm³/mol. The van der Waals surface area contributed by atoms with Crippen molar-refractivity contribution in [3.63, 3.8) is 0 Å². The maximum atomic E-state index is 9.88. The van der Waals surface area contributed by atoms with E-state index in [4.69, 9.17) is 4.74 Å². The minimum absolute atomic E-state index is 0.0469. The fraction of sp³-hybridized carbons (Fsp3) is 0.818. The third-order valence-corrected chi connectivity index (χ3v) is 2.87. The molecule has 1 rings (SSSR count). The first-order valence-electron chi connectivity index (χ1n) is 5.37. The highest BCUT2D eigenvalue weighted by Gasteiger charge is 2.26. The first-order chi connectivity index (χ1) is 6.77. The quantitative estimate of drug-likeness (QED) is 0.529. The van der Waals surface area contributed by atoms with Crippen LogP contribution in [0.15, 0.2) is 12.8 Å². The molecule has 3 atom stereocenters. The number of hydrogen-bond donors (Lipinski definition) is 2. The molecule has 1 aliphatic rings. The van der Waals surface area contributed by atoms with Gasteiger partial charge < -0.3 is 15.2 Å². The molecular formula is C11H21NO2. The number of rotatable bonds is 4. The van der Waals surface area contributed by atoms with E-state index in [0.717, 1.165) is 25.8 Å². The summed E-state index contributed by atoms with van der Waals surface area (Å²) < 4.78 is 5.30. The number of nitrogens with one attached hydrogen (secondary N) is 1. The van der Waals surface area contributed by atoms with E-state index < -0.39 is 0 Å². The number of aliphatic hydroxyl groups is 1. The lowest BCUT2D eigenvalue weighted by Gasteiger charge is -2.21. The molecule has 1 aliphatic carbocycles. The van der Waals surface area contributed by atoms with E-state index >= 15 is 0 Å². The molecule has 82 valence electrons. The number of aliphatic hydroxyl groups excluding tert-OH is 1. The smallest absolute Gasteiger partial charge is 0.124 e. The second-order valence-electron chi connectivity index (χ2n) is 4.00. The van der Waals surface area contributed by atoms with Gasteiger partial charge in [-0.3, -0.25) is 0 Å². The molecule has 2 N–H and O–H groups in total. The van der Waals surface area contributed by atoms with Gasteiger partial charge in [-0.05, 0) is 45.2 Å². The van der Waals surface area contributed by atoms with Crippen molar-refractivity contribution < 1.29 is 9.84 Å². The molecule has 1 saturated carbocycles. The van der Waals surface area contributed by atoms with Gasteiger partial charge in [-0.1, -0.05) is 6.58 Å². The average molecular weight is 199 g/mol. The summed E-state index contributed by atoms with van der Waals surface area (Å²) in [6.07, 6.45) is 5.12. The van der Waals surface area contributed by atoms with Crippen molar-refractivity contribution in [1.29, 1.82) is 0 Å². The lowest BCUT2D eigenvalue weighted by molar-refractivity contribution is 0.000932. The molecule has 0 radical (unpaired) electrons. The Kier molecular flexibility index (Phi) is 4.98. The topological polar surface area (TPSA) is 41.5 Å². The zero-order valence-electron chi connectivity index (χ0n) is 8.91. The SMILES string of the molecule is C=COC1CCCC(CNC)CC1O. The van der Waals surface area contributed by atoms with Crippen LogP contribution < -0.4 is 5.32 Å². The Morgan fingerprint density at radius 3 is 3.00 bits per heavy atom. The maximum absolute atomic E-state index is 9.88. The van der Waals surface area contributed by atoms with Crippen LogP contribution in [0.3, 0.4) is 0 Å². The van der Waals surface area contributed by atoms with Crippen LogP contribution in [0, 0.1) is 5.92 Å². The van der Waals surface area contributed by atoms with Crippen LogP contribution in [0.1, 0.15) is 25.7 Å². The van der Waals surface area contributed by atoms with Crippen molar-refractivity contribution in [3.8, 4) is 0 Å². The van der Waals surface area contributed by atoms with Gasteiger partial charge in [0.2, 0.25) is 0 Å². The van der Waals surface area contributed by atoms with Crippen LogP contribution in [0.2, 0.25) is 0 Å². The average Bonchev–Trinajstić information content (AvgIpc) is 2.31. The third kappa shape index (κ3) is 3.31. The molecule has 3 nitrogen and oxygen atoms in total. The Hall–Kier alpha value is -0.540. The first-order valence-corrected chi connectivity index (χ1v) is 5.37. The van der Waals surface area contributed by atoms with Gasteiger partial charge in [0.25, 0.3) is 0 Å². The highest BCUT2D eigenvalue weighted by atomic mass is 16.5. The highest BCUT2D eigenvalue weighted by molar-refractivity contribution is 4.80. The molecule has 0 aliphatic heterocycles. The van der Waals surface area contributed by atoms with Crippen molar-refractivity contribution >= 4 is 0 Å². The van der Waals surface area contributed by atoms with Gasteiger partial charge in [0.15, 0.2) is 0 Å². The minimum atomic E-state index is -0.339. The maximum Gasteiger partial charge on any atom is 0.124 e. The Morgan fingerprint density at radius 2 is 2.36 bits per heavy atom. The van der Waals surface area contributed by atoms with Crippen LogP contribution in [0.5, 0.6) is 0 Å². The Bertz CT molecular complexity index is 173. The van der Waals surface area contributed by atoms with Gasteiger partial charge in [-0.25, -0.2) is 0 Å². The normalized spacial score (nSPS) is 33.4. The van der Waals surface area contributed by atoms with E-state index in [1.54, 1.807) is 0 Å². The number of hydrogen-bond acceptors (Lipinski definition) is 3. The molecule has 0 aromatic heterocycles. The van der Waals surface area contributed by atoms with Gasteiger partial charge >= 0.3 is 0 Å². The zero-order valence-corrected chi connectivity index (χ0v) is 8.91. The van der Waals surface area contributed by atoms with Crippen LogP contribution in [0.25, 0.3) is 0 Å². The fourth-order valence-corrected chi connectivity index (χ4v) is 2.17. The summed E-state index contributed by atoms with van der Waals surface area (Å²) in [5.74, 6) is 0.577. The van der Waals surface area contributed by atoms with Gasteiger partial charge in [-0.15, -0.1) is 0 Å². The summed E-state index contributed by atoms with van der Waals surface area (Å²) in [5, 5.41) is 13.0. The summed E-state index contributed by atoms with van der Waals surface area (Å²) in [6, 6.07) is 0. The van der Waals surface area contributed by atoms with Crippen LogP contribution in [-0.2, 0) is 4.74 Å². The minimum Gasteiger partial charge on any atom is -0.496 e. The van der Waals surface area contributed by atoms with E-state index in [1.165, 1.54) is 12.7 Å². The molecule has 3 unspecified atom stereocenters. The number of ether oxygens (including phenoxy) is 1. The first kappa shape index (κ1) is 11.5. The molecule has 0 spiro atoms. The summed E-state index contributed by atoms with van der Waals surface area (Å²) >= 11 is 0. The predicted octanol–water partition coefficient (Wildman–Crippen LogP) is 1.29. The molecule has 0 heterocycles. The lowest BCUT2D eigenvalue weighted by atomic mass is 9.99. The molecule has 0 amide bonds. The Labute approximate surface area is 86.2 Å². The van der Waals surface area contributed by atoms with Crippen molar-refractivity contribution in [1.82, 2.24) is 5.32 Å². The summed E-state index contributed by atoms with van der Waals surface area (Å²) in [4.78, 5) is 0. The lowest BCUT2D eigenvalue weighted by Crippen LogP contribution is -2.29. The van der Waals surface area contributed by atoms with E-state index in [0.29, 0.717) is 5.92 Å². The molecule has 3 heteroatoms. The van der Waals surface area contributed by atoms with Crippen LogP contribution in [-0.4, -0.2) is 30.9 Å². The molecule has 1 fully saturated rings. The molecule has 14 heavy (non-hydrogen) atoms. The third-order valence-electron chi connectivity index (χ3n) is 2.87. The molecule has 0 saturated heterocycles. The van der Waals surface area contributed by atoms with E-state index in [2.05, 4.69) is 11.9 Å². The summed E-state index contributed by atoms with van der Waals surface area (Å²) in [7, 11) is 1.95. The van der Waals surface area contributed by atoms with Gasteiger partial charge in [-0.2, -0.15) is 0 Å². The Balaban J connectivity index is 2.43. The molecule has 0 aromatic rings. The second kappa shape index (κ2) is 6.04. The van der Waals surface area contributed by atoms with Gasteiger partial charge in [0.05, 0.1) is 12.4 Å². The van der Waals surface area contributed by atoms with E-state index in [9.17, 15) is 5.11 Å². The second-order valence-corrected chi connectivity index (χ2v) is 4.00. The van der Waals surface area contributed by atoms with Crippen molar-refractivity contribution in [2.45, 2.75) is 37.9 Å². The molecule has 0 aromatic carbocycles. The van der Waals surface area contributed by atoms with E-state index in [-0.39, 0.29) is 12.2 Å². The van der Waals surface area contributed by atoms with Crippen molar-refractivity contribution in [2.75, 3.05) is 13.6 Å². The largest absolute Gasteiger partial charge is 0.496 e. The van der Waals surface area contributed by atoms with E-state index in [1.807, 2.05) is 7.05 Å². The Morgan fingerprint density at radius 1 is 1.57 bits per heavy atom. The van der Waals surface area contributed by atoms with Crippen molar-refractivity contribution in [2.24, 2.45) is 5.92 Å². The summed E-state index contributed by atoms with van der Waals surface area (Å²) in [6.45, 7) is 4.51. The fourth-order valence-electron chi connectivity index (χ4n) is 2.17. The zero-order chi connectivity index (χ0) is 10.4. The van der Waals surface area contributed by atoms with Crippen LogP contribution >= 0.6 is 0 Å². The van der Waals surface area contributed by atoms with Crippen LogP contribution in [0.4, 0.5) is 0 Å².